The molecule has 8 heteroatoms. The summed E-state index contributed by atoms with van der Waals surface area (Å²) in [7, 11) is -1.23. The Kier molecular flexibility index (Phi) is 4.33. The number of aromatic nitrogens is 2. The smallest absolute Gasteiger partial charge is 0.211 e. The van der Waals surface area contributed by atoms with E-state index in [-0.39, 0.29) is 0 Å². The fourth-order valence-corrected chi connectivity index (χ4v) is 2.89. The third-order valence-electron chi connectivity index (χ3n) is 3.06. The van der Waals surface area contributed by atoms with E-state index in [1.807, 2.05) is 7.05 Å². The highest BCUT2D eigenvalue weighted by atomic mass is 32.2. The lowest BCUT2D eigenvalue weighted by Gasteiger charge is -2.33. The molecule has 1 N–H and O–H groups in total. The van der Waals surface area contributed by atoms with Crippen molar-refractivity contribution in [1.82, 2.24) is 19.6 Å². The number of anilines is 1. The monoisotopic (exact) mass is 285 g/mol. The van der Waals surface area contributed by atoms with Gasteiger partial charge in [-0.2, -0.15) is 4.31 Å². The van der Waals surface area contributed by atoms with Crippen molar-refractivity contribution in [3.63, 3.8) is 0 Å². The normalized spacial score (nSPS) is 17.7. The van der Waals surface area contributed by atoms with E-state index in [1.165, 1.54) is 10.6 Å². The summed E-state index contributed by atoms with van der Waals surface area (Å²) < 4.78 is 24.4. The maximum absolute atomic E-state index is 11.4. The predicted molar refractivity (Wildman–Crippen MR) is 73.4 cm³/mol. The molecule has 2 rings (SSSR count). The van der Waals surface area contributed by atoms with Crippen molar-refractivity contribution < 1.29 is 8.42 Å². The predicted octanol–water partition coefficient (Wildman–Crippen LogP) is -0.722. The average Bonchev–Trinajstić information content (AvgIpc) is 2.39. The molecule has 0 unspecified atom stereocenters. The van der Waals surface area contributed by atoms with Gasteiger partial charge in [0.1, 0.15) is 5.82 Å². The Morgan fingerprint density at radius 2 is 1.95 bits per heavy atom. The van der Waals surface area contributed by atoms with Crippen molar-refractivity contribution in [3.8, 4) is 0 Å². The SMILES string of the molecule is CNCc1cncc(N2CCN(S(C)(=O)=O)CC2)n1. The van der Waals surface area contributed by atoms with Crippen molar-refractivity contribution in [3.05, 3.63) is 18.1 Å². The summed E-state index contributed by atoms with van der Waals surface area (Å²) in [5.74, 6) is 0.806. The molecule has 106 valence electrons. The van der Waals surface area contributed by atoms with Crippen LogP contribution in [-0.2, 0) is 16.6 Å². The Morgan fingerprint density at radius 1 is 1.26 bits per heavy atom. The van der Waals surface area contributed by atoms with Crippen molar-refractivity contribution in [2.24, 2.45) is 0 Å². The molecule has 0 radical (unpaired) electrons. The standard InChI is InChI=1S/C11H19N5O2S/c1-12-7-10-8-13-9-11(14-10)15-3-5-16(6-4-15)19(2,17)18/h8-9,12H,3-7H2,1-2H3. The van der Waals surface area contributed by atoms with E-state index in [9.17, 15) is 8.42 Å². The zero-order valence-corrected chi connectivity index (χ0v) is 12.0. The van der Waals surface area contributed by atoms with E-state index in [4.69, 9.17) is 0 Å². The van der Waals surface area contributed by atoms with Crippen molar-refractivity contribution in [2.75, 3.05) is 44.4 Å². The molecule has 0 aromatic carbocycles. The van der Waals surface area contributed by atoms with Gasteiger partial charge in [-0.25, -0.2) is 13.4 Å². The molecule has 0 spiro atoms. The average molecular weight is 285 g/mol. The second-order valence-corrected chi connectivity index (χ2v) is 6.53. The second kappa shape index (κ2) is 5.81. The number of hydrogen-bond acceptors (Lipinski definition) is 6. The van der Waals surface area contributed by atoms with Gasteiger partial charge in [0.05, 0.1) is 18.1 Å². The molecule has 0 aliphatic carbocycles. The number of rotatable bonds is 4. The Morgan fingerprint density at radius 3 is 2.53 bits per heavy atom. The van der Waals surface area contributed by atoms with E-state index >= 15 is 0 Å². The number of nitrogens with zero attached hydrogens (tertiary/aromatic N) is 4. The molecule has 19 heavy (non-hydrogen) atoms. The molecule has 0 atom stereocenters. The summed E-state index contributed by atoms with van der Waals surface area (Å²) in [5, 5.41) is 3.03. The summed E-state index contributed by atoms with van der Waals surface area (Å²) in [6, 6.07) is 0. The van der Waals surface area contributed by atoms with Gasteiger partial charge < -0.3 is 10.2 Å². The molecular formula is C11H19N5O2S. The summed E-state index contributed by atoms with van der Waals surface area (Å²) >= 11 is 0. The van der Waals surface area contributed by atoms with E-state index in [0.717, 1.165) is 11.5 Å². The van der Waals surface area contributed by atoms with Gasteiger partial charge in [0.25, 0.3) is 0 Å². The lowest BCUT2D eigenvalue weighted by molar-refractivity contribution is 0.386. The van der Waals surface area contributed by atoms with Gasteiger partial charge in [-0.1, -0.05) is 0 Å². The van der Waals surface area contributed by atoms with Gasteiger partial charge in [-0.05, 0) is 7.05 Å². The topological polar surface area (TPSA) is 78.4 Å². The molecule has 1 saturated heterocycles. The molecule has 2 heterocycles. The van der Waals surface area contributed by atoms with Crippen LogP contribution in [0.25, 0.3) is 0 Å². The Labute approximate surface area is 113 Å². The molecule has 0 bridgehead atoms. The fourth-order valence-electron chi connectivity index (χ4n) is 2.06. The van der Waals surface area contributed by atoms with Crippen LogP contribution in [0.15, 0.2) is 12.4 Å². The minimum atomic E-state index is -3.09. The van der Waals surface area contributed by atoms with Crippen LogP contribution < -0.4 is 10.2 Å². The van der Waals surface area contributed by atoms with E-state index < -0.39 is 10.0 Å². The molecule has 1 fully saturated rings. The van der Waals surface area contributed by atoms with Gasteiger partial charge in [0, 0.05) is 38.9 Å². The van der Waals surface area contributed by atoms with Gasteiger partial charge >= 0.3 is 0 Å². The number of sulfonamides is 1. The highest BCUT2D eigenvalue weighted by Crippen LogP contribution is 2.14. The number of piperazine rings is 1. The van der Waals surface area contributed by atoms with Crippen molar-refractivity contribution >= 4 is 15.8 Å². The quantitative estimate of drug-likeness (QED) is 0.786. The van der Waals surface area contributed by atoms with Crippen LogP contribution in [-0.4, -0.2) is 62.2 Å². The molecular weight excluding hydrogens is 266 g/mol. The first-order valence-electron chi connectivity index (χ1n) is 6.16. The lowest BCUT2D eigenvalue weighted by Crippen LogP contribution is -2.48. The van der Waals surface area contributed by atoms with E-state index in [1.54, 1.807) is 12.4 Å². The van der Waals surface area contributed by atoms with Crippen LogP contribution in [0.4, 0.5) is 5.82 Å². The second-order valence-electron chi connectivity index (χ2n) is 4.55. The van der Waals surface area contributed by atoms with Crippen LogP contribution in [0.1, 0.15) is 5.69 Å². The van der Waals surface area contributed by atoms with Crippen molar-refractivity contribution in [1.29, 1.82) is 0 Å². The molecule has 1 aromatic heterocycles. The first-order valence-corrected chi connectivity index (χ1v) is 8.01. The maximum atomic E-state index is 11.4. The van der Waals surface area contributed by atoms with Crippen LogP contribution >= 0.6 is 0 Å². The highest BCUT2D eigenvalue weighted by molar-refractivity contribution is 7.88. The maximum Gasteiger partial charge on any atom is 0.211 e. The lowest BCUT2D eigenvalue weighted by atomic mass is 10.3. The van der Waals surface area contributed by atoms with Crippen LogP contribution in [0.2, 0.25) is 0 Å². The number of nitrogens with one attached hydrogen (secondary N) is 1. The third kappa shape index (κ3) is 3.62. The Hall–Kier alpha value is -1.25. The Bertz CT molecular complexity index is 526. The molecule has 0 saturated carbocycles. The first kappa shape index (κ1) is 14.2. The third-order valence-corrected chi connectivity index (χ3v) is 4.36. The van der Waals surface area contributed by atoms with Crippen LogP contribution in [0.5, 0.6) is 0 Å². The van der Waals surface area contributed by atoms with Gasteiger partial charge in [-0.3, -0.25) is 4.98 Å². The van der Waals surface area contributed by atoms with Gasteiger partial charge in [-0.15, -0.1) is 0 Å². The van der Waals surface area contributed by atoms with Gasteiger partial charge in [0.2, 0.25) is 10.0 Å². The van der Waals surface area contributed by atoms with E-state index in [0.29, 0.717) is 32.7 Å². The minimum absolute atomic E-state index is 0.497. The van der Waals surface area contributed by atoms with Gasteiger partial charge in [0.15, 0.2) is 0 Å². The van der Waals surface area contributed by atoms with Crippen molar-refractivity contribution in [2.45, 2.75) is 6.54 Å². The van der Waals surface area contributed by atoms with Crippen LogP contribution in [0, 0.1) is 0 Å². The molecule has 1 aliphatic rings. The number of hydrogen-bond donors (Lipinski definition) is 1. The minimum Gasteiger partial charge on any atom is -0.353 e. The summed E-state index contributed by atoms with van der Waals surface area (Å²) in [4.78, 5) is 10.7. The fraction of sp³-hybridized carbons (Fsp3) is 0.636. The molecule has 1 aliphatic heterocycles. The highest BCUT2D eigenvalue weighted by Gasteiger charge is 2.24. The summed E-state index contributed by atoms with van der Waals surface area (Å²) in [5.41, 5.74) is 0.880. The summed E-state index contributed by atoms with van der Waals surface area (Å²) in [6.07, 6.45) is 4.69. The summed E-state index contributed by atoms with van der Waals surface area (Å²) in [6.45, 7) is 2.95. The Balaban J connectivity index is 2.03. The molecule has 1 aromatic rings. The zero-order chi connectivity index (χ0) is 13.9. The molecule has 0 amide bonds. The first-order chi connectivity index (χ1) is 9.00. The largest absolute Gasteiger partial charge is 0.353 e. The molecule has 7 nitrogen and oxygen atoms in total. The zero-order valence-electron chi connectivity index (χ0n) is 11.2. The van der Waals surface area contributed by atoms with E-state index in [2.05, 4.69) is 20.2 Å². The van der Waals surface area contributed by atoms with Crippen LogP contribution in [0.3, 0.4) is 0 Å².